The van der Waals surface area contributed by atoms with Gasteiger partial charge in [0.15, 0.2) is 11.5 Å². The maximum absolute atomic E-state index is 9.89. The zero-order valence-electron chi connectivity index (χ0n) is 13.6. The molecule has 4 heteroatoms. The fourth-order valence-corrected chi connectivity index (χ4v) is 4.07. The standard InChI is InChI=1S/C18H28N2O2/c1-22-17-13-15(7-8-16(17)21)18(14-5-3-2-4-6-14)20-11-9-19-10-12-20/h7-8,13-14,18-19,21H,2-6,9-12H2,1H3/t18-/m1/s1. The summed E-state index contributed by atoms with van der Waals surface area (Å²) in [6, 6.07) is 6.36. The van der Waals surface area contributed by atoms with Gasteiger partial charge >= 0.3 is 0 Å². The Morgan fingerprint density at radius 1 is 1.18 bits per heavy atom. The number of phenolic OH excluding ortho intramolecular Hbond substituents is 1. The third kappa shape index (κ3) is 3.39. The monoisotopic (exact) mass is 304 g/mol. The highest BCUT2D eigenvalue weighted by atomic mass is 16.5. The van der Waals surface area contributed by atoms with Gasteiger partial charge in [0.25, 0.3) is 0 Å². The number of hydrogen-bond donors (Lipinski definition) is 2. The molecule has 1 aliphatic carbocycles. The molecule has 0 radical (unpaired) electrons. The second-order valence-corrected chi connectivity index (χ2v) is 6.56. The number of hydrogen-bond acceptors (Lipinski definition) is 4. The van der Waals surface area contributed by atoms with Crippen LogP contribution in [0.15, 0.2) is 18.2 Å². The molecular weight excluding hydrogens is 276 g/mol. The summed E-state index contributed by atoms with van der Waals surface area (Å²) in [4.78, 5) is 2.62. The Hall–Kier alpha value is -1.26. The molecule has 0 bridgehead atoms. The van der Waals surface area contributed by atoms with Crippen LogP contribution in [0.25, 0.3) is 0 Å². The molecule has 0 amide bonds. The first-order valence-electron chi connectivity index (χ1n) is 8.61. The summed E-state index contributed by atoms with van der Waals surface area (Å²) < 4.78 is 5.33. The predicted molar refractivity (Wildman–Crippen MR) is 88.4 cm³/mol. The maximum atomic E-state index is 9.89. The molecule has 1 saturated heterocycles. The molecule has 2 N–H and O–H groups in total. The molecule has 0 aromatic heterocycles. The third-order valence-electron chi connectivity index (χ3n) is 5.19. The molecule has 1 saturated carbocycles. The van der Waals surface area contributed by atoms with Crippen LogP contribution in [0.5, 0.6) is 11.5 Å². The van der Waals surface area contributed by atoms with Crippen LogP contribution < -0.4 is 10.1 Å². The first kappa shape index (κ1) is 15.6. The average molecular weight is 304 g/mol. The van der Waals surface area contributed by atoms with Gasteiger partial charge in [0, 0.05) is 32.2 Å². The Labute approximate surface area is 133 Å². The highest BCUT2D eigenvalue weighted by Crippen LogP contribution is 2.40. The van der Waals surface area contributed by atoms with Gasteiger partial charge in [0.1, 0.15) is 0 Å². The van der Waals surface area contributed by atoms with Crippen molar-refractivity contribution in [3.8, 4) is 11.5 Å². The smallest absolute Gasteiger partial charge is 0.160 e. The Morgan fingerprint density at radius 2 is 1.91 bits per heavy atom. The molecule has 22 heavy (non-hydrogen) atoms. The van der Waals surface area contributed by atoms with Crippen molar-refractivity contribution in [2.45, 2.75) is 38.1 Å². The second-order valence-electron chi connectivity index (χ2n) is 6.56. The van der Waals surface area contributed by atoms with Crippen molar-refractivity contribution in [2.24, 2.45) is 5.92 Å². The van der Waals surface area contributed by atoms with Crippen LogP contribution in [-0.2, 0) is 0 Å². The van der Waals surface area contributed by atoms with Crippen molar-refractivity contribution in [1.82, 2.24) is 10.2 Å². The normalized spacial score (nSPS) is 22.4. The van der Waals surface area contributed by atoms with Crippen LogP contribution in [0.3, 0.4) is 0 Å². The molecular formula is C18H28N2O2. The number of ether oxygens (including phenoxy) is 1. The average Bonchev–Trinajstić information content (AvgIpc) is 2.58. The van der Waals surface area contributed by atoms with E-state index in [4.69, 9.17) is 4.74 Å². The summed E-state index contributed by atoms with van der Waals surface area (Å²) in [6.45, 7) is 4.34. The van der Waals surface area contributed by atoms with E-state index in [1.54, 1.807) is 13.2 Å². The Morgan fingerprint density at radius 3 is 2.59 bits per heavy atom. The number of phenols is 1. The summed E-state index contributed by atoms with van der Waals surface area (Å²) in [7, 11) is 1.62. The van der Waals surface area contributed by atoms with Crippen LogP contribution in [0, 0.1) is 5.92 Å². The Bertz CT molecular complexity index is 462. The number of piperazine rings is 1. The third-order valence-corrected chi connectivity index (χ3v) is 5.19. The summed E-state index contributed by atoms with van der Waals surface area (Å²) in [5.41, 5.74) is 1.29. The van der Waals surface area contributed by atoms with Crippen molar-refractivity contribution in [3.05, 3.63) is 23.8 Å². The van der Waals surface area contributed by atoms with E-state index >= 15 is 0 Å². The predicted octanol–water partition coefficient (Wildman–Crippen LogP) is 2.93. The fraction of sp³-hybridized carbons (Fsp3) is 0.667. The van der Waals surface area contributed by atoms with E-state index < -0.39 is 0 Å². The van der Waals surface area contributed by atoms with Gasteiger partial charge in [-0.3, -0.25) is 4.90 Å². The van der Waals surface area contributed by atoms with Crippen molar-refractivity contribution >= 4 is 0 Å². The lowest BCUT2D eigenvalue weighted by Crippen LogP contribution is -2.47. The van der Waals surface area contributed by atoms with E-state index in [0.29, 0.717) is 11.8 Å². The van der Waals surface area contributed by atoms with Gasteiger partial charge in [-0.2, -0.15) is 0 Å². The van der Waals surface area contributed by atoms with E-state index in [1.165, 1.54) is 37.7 Å². The number of nitrogens with zero attached hydrogens (tertiary/aromatic N) is 1. The van der Waals surface area contributed by atoms with Gasteiger partial charge in [0.2, 0.25) is 0 Å². The highest BCUT2D eigenvalue weighted by molar-refractivity contribution is 5.43. The molecule has 122 valence electrons. The van der Waals surface area contributed by atoms with Crippen molar-refractivity contribution in [1.29, 1.82) is 0 Å². The molecule has 1 aromatic rings. The van der Waals surface area contributed by atoms with Crippen LogP contribution in [0.4, 0.5) is 0 Å². The van der Waals surface area contributed by atoms with Gasteiger partial charge in [-0.1, -0.05) is 25.3 Å². The molecule has 1 aromatic carbocycles. The van der Waals surface area contributed by atoms with Crippen molar-refractivity contribution in [2.75, 3.05) is 33.3 Å². The number of nitrogens with one attached hydrogen (secondary N) is 1. The Kier molecular flexibility index (Phi) is 5.21. The van der Waals surface area contributed by atoms with E-state index in [9.17, 15) is 5.11 Å². The van der Waals surface area contributed by atoms with Crippen LogP contribution in [0.2, 0.25) is 0 Å². The van der Waals surface area contributed by atoms with Crippen molar-refractivity contribution in [3.63, 3.8) is 0 Å². The molecule has 4 nitrogen and oxygen atoms in total. The van der Waals surface area contributed by atoms with E-state index in [2.05, 4.69) is 16.3 Å². The molecule has 0 unspecified atom stereocenters. The number of rotatable bonds is 4. The van der Waals surface area contributed by atoms with Crippen LogP contribution >= 0.6 is 0 Å². The maximum Gasteiger partial charge on any atom is 0.160 e. The molecule has 1 heterocycles. The zero-order valence-corrected chi connectivity index (χ0v) is 13.6. The molecule has 0 spiro atoms. The zero-order chi connectivity index (χ0) is 15.4. The van der Waals surface area contributed by atoms with Gasteiger partial charge in [-0.15, -0.1) is 0 Å². The lowest BCUT2D eigenvalue weighted by molar-refractivity contribution is 0.103. The number of methoxy groups -OCH3 is 1. The summed E-state index contributed by atoms with van der Waals surface area (Å²) in [5, 5.41) is 13.3. The number of benzene rings is 1. The minimum absolute atomic E-state index is 0.231. The molecule has 1 atom stereocenters. The summed E-state index contributed by atoms with van der Waals surface area (Å²) in [5.74, 6) is 1.54. The van der Waals surface area contributed by atoms with Crippen LogP contribution in [0.1, 0.15) is 43.7 Å². The van der Waals surface area contributed by atoms with E-state index in [-0.39, 0.29) is 5.75 Å². The minimum Gasteiger partial charge on any atom is -0.504 e. The SMILES string of the molecule is COc1cc([C@@H](C2CCCCC2)N2CCNCC2)ccc1O. The number of aromatic hydroxyl groups is 1. The fourth-order valence-electron chi connectivity index (χ4n) is 4.07. The highest BCUT2D eigenvalue weighted by Gasteiger charge is 2.31. The van der Waals surface area contributed by atoms with Gasteiger partial charge in [-0.25, -0.2) is 0 Å². The largest absolute Gasteiger partial charge is 0.504 e. The Balaban J connectivity index is 1.89. The first-order valence-corrected chi connectivity index (χ1v) is 8.61. The summed E-state index contributed by atoms with van der Waals surface area (Å²) in [6.07, 6.45) is 6.71. The lowest BCUT2D eigenvalue weighted by atomic mass is 9.80. The van der Waals surface area contributed by atoms with E-state index in [1.807, 2.05) is 6.07 Å². The van der Waals surface area contributed by atoms with Crippen LogP contribution in [-0.4, -0.2) is 43.3 Å². The molecule has 2 aliphatic rings. The topological polar surface area (TPSA) is 44.7 Å². The van der Waals surface area contributed by atoms with E-state index in [0.717, 1.165) is 32.1 Å². The summed E-state index contributed by atoms with van der Waals surface area (Å²) >= 11 is 0. The van der Waals surface area contributed by atoms with Gasteiger partial charge in [-0.05, 0) is 36.5 Å². The lowest BCUT2D eigenvalue weighted by Gasteiger charge is -2.41. The minimum atomic E-state index is 0.231. The second kappa shape index (κ2) is 7.34. The van der Waals surface area contributed by atoms with Crippen molar-refractivity contribution < 1.29 is 9.84 Å². The quantitative estimate of drug-likeness (QED) is 0.898. The van der Waals surface area contributed by atoms with Gasteiger partial charge in [0.05, 0.1) is 7.11 Å². The molecule has 3 rings (SSSR count). The first-order chi connectivity index (χ1) is 10.8. The van der Waals surface area contributed by atoms with Gasteiger partial charge < -0.3 is 15.2 Å². The molecule has 2 fully saturated rings. The molecule has 1 aliphatic heterocycles.